The van der Waals surface area contributed by atoms with Gasteiger partial charge in [0.15, 0.2) is 6.61 Å². The molecule has 10 heteroatoms. The number of hydrogen-bond acceptors (Lipinski definition) is 7. The van der Waals surface area contributed by atoms with Gasteiger partial charge in [-0.1, -0.05) is 19.9 Å². The number of nitriles is 1. The third-order valence-corrected chi connectivity index (χ3v) is 6.39. The molecule has 1 aromatic rings. The minimum absolute atomic E-state index is 0.121. The highest BCUT2D eigenvalue weighted by Crippen LogP contribution is 2.15. The van der Waals surface area contributed by atoms with Crippen LogP contribution in [0.25, 0.3) is 0 Å². The molecular formula is C15H21N3O5S2. The first-order chi connectivity index (χ1) is 11.6. The summed E-state index contributed by atoms with van der Waals surface area (Å²) in [6.45, 7) is 4.49. The highest BCUT2D eigenvalue weighted by molar-refractivity contribution is 7.91. The van der Waals surface area contributed by atoms with Gasteiger partial charge in [0, 0.05) is 6.54 Å². The predicted molar refractivity (Wildman–Crippen MR) is 92.1 cm³/mol. The highest BCUT2D eigenvalue weighted by Gasteiger charge is 2.30. The van der Waals surface area contributed by atoms with Crippen molar-refractivity contribution in [1.82, 2.24) is 10.0 Å². The van der Waals surface area contributed by atoms with Crippen LogP contribution in [0, 0.1) is 17.2 Å². The Labute approximate surface area is 151 Å². The summed E-state index contributed by atoms with van der Waals surface area (Å²) in [5.74, 6) is -1.43. The van der Waals surface area contributed by atoms with E-state index in [1.165, 1.54) is 6.07 Å². The SMILES string of the molecule is CC(C)[C@](C)(C#N)NC(=O)COC(=O)CCNS(=O)(=O)c1cccs1. The summed E-state index contributed by atoms with van der Waals surface area (Å²) in [6.07, 6.45) is -0.211. The number of ether oxygens (including phenoxy) is 1. The molecule has 0 fully saturated rings. The van der Waals surface area contributed by atoms with Crippen LogP contribution >= 0.6 is 11.3 Å². The van der Waals surface area contributed by atoms with Crippen molar-refractivity contribution in [3.8, 4) is 6.07 Å². The number of rotatable bonds is 9. The topological polar surface area (TPSA) is 125 Å². The summed E-state index contributed by atoms with van der Waals surface area (Å²) in [7, 11) is -3.64. The molecule has 1 amide bonds. The lowest BCUT2D eigenvalue weighted by Gasteiger charge is -2.27. The second-order valence-electron chi connectivity index (χ2n) is 5.76. The first-order valence-electron chi connectivity index (χ1n) is 7.52. The van der Waals surface area contributed by atoms with Crippen molar-refractivity contribution in [2.45, 2.75) is 36.9 Å². The van der Waals surface area contributed by atoms with Crippen molar-refractivity contribution in [2.75, 3.05) is 13.2 Å². The van der Waals surface area contributed by atoms with E-state index < -0.39 is 34.0 Å². The number of carbonyl (C=O) groups is 2. The van der Waals surface area contributed by atoms with Gasteiger partial charge in [0.25, 0.3) is 5.91 Å². The van der Waals surface area contributed by atoms with Crippen molar-refractivity contribution in [3.63, 3.8) is 0 Å². The van der Waals surface area contributed by atoms with Crippen LogP contribution in [0.1, 0.15) is 27.2 Å². The second-order valence-corrected chi connectivity index (χ2v) is 8.70. The molecular weight excluding hydrogens is 366 g/mol. The lowest BCUT2D eigenvalue weighted by Crippen LogP contribution is -2.50. The fourth-order valence-corrected chi connectivity index (χ4v) is 3.69. The first kappa shape index (κ1) is 21.1. The number of amides is 1. The van der Waals surface area contributed by atoms with Crippen LogP contribution in [0.5, 0.6) is 0 Å². The lowest BCUT2D eigenvalue weighted by molar-refractivity contribution is -0.148. The Morgan fingerprint density at radius 2 is 2.12 bits per heavy atom. The molecule has 0 aliphatic heterocycles. The van der Waals surface area contributed by atoms with E-state index in [9.17, 15) is 18.0 Å². The third-order valence-electron chi connectivity index (χ3n) is 3.53. The number of nitrogens with zero attached hydrogens (tertiary/aromatic N) is 1. The van der Waals surface area contributed by atoms with E-state index in [1.54, 1.807) is 32.2 Å². The Bertz CT molecular complexity index is 738. The Balaban J connectivity index is 2.36. The molecule has 1 rings (SSSR count). The Kier molecular flexibility index (Phi) is 7.54. The van der Waals surface area contributed by atoms with Gasteiger partial charge in [0.2, 0.25) is 10.0 Å². The monoisotopic (exact) mass is 387 g/mol. The number of hydrogen-bond donors (Lipinski definition) is 2. The van der Waals surface area contributed by atoms with Gasteiger partial charge >= 0.3 is 5.97 Å². The maximum atomic E-state index is 11.8. The summed E-state index contributed by atoms with van der Waals surface area (Å²) in [5.41, 5.74) is -1.06. The largest absolute Gasteiger partial charge is 0.456 e. The van der Waals surface area contributed by atoms with E-state index in [0.717, 1.165) is 11.3 Å². The molecule has 8 nitrogen and oxygen atoms in total. The average Bonchev–Trinajstić information content (AvgIpc) is 3.07. The molecule has 1 atom stereocenters. The summed E-state index contributed by atoms with van der Waals surface area (Å²) in [4.78, 5) is 23.4. The molecule has 0 aliphatic rings. The maximum Gasteiger partial charge on any atom is 0.307 e. The van der Waals surface area contributed by atoms with Crippen LogP contribution in [0.2, 0.25) is 0 Å². The molecule has 138 valence electrons. The molecule has 1 heterocycles. The number of sulfonamides is 1. The summed E-state index contributed by atoms with van der Waals surface area (Å²) >= 11 is 1.07. The number of carbonyl (C=O) groups excluding carboxylic acids is 2. The number of thiophene rings is 1. The van der Waals surface area contributed by atoms with Gasteiger partial charge in [-0.2, -0.15) is 5.26 Å². The zero-order chi connectivity index (χ0) is 19.1. The van der Waals surface area contributed by atoms with Crippen LogP contribution in [0.4, 0.5) is 0 Å². The number of nitrogens with one attached hydrogen (secondary N) is 2. The van der Waals surface area contributed by atoms with Gasteiger partial charge in [-0.15, -0.1) is 11.3 Å². The fourth-order valence-electron chi connectivity index (χ4n) is 1.62. The Hall–Kier alpha value is -1.96. The van der Waals surface area contributed by atoms with Crippen LogP contribution < -0.4 is 10.0 Å². The molecule has 2 N–H and O–H groups in total. The smallest absolute Gasteiger partial charge is 0.307 e. The third kappa shape index (κ3) is 6.45. The van der Waals surface area contributed by atoms with Gasteiger partial charge < -0.3 is 10.1 Å². The minimum atomic E-state index is -3.64. The lowest BCUT2D eigenvalue weighted by atomic mass is 9.90. The number of esters is 1. The van der Waals surface area contributed by atoms with Crippen molar-refractivity contribution in [2.24, 2.45) is 5.92 Å². The second kappa shape index (κ2) is 8.94. The predicted octanol–water partition coefficient (Wildman–Crippen LogP) is 1.01. The highest BCUT2D eigenvalue weighted by atomic mass is 32.2. The van der Waals surface area contributed by atoms with Crippen molar-refractivity contribution < 1.29 is 22.7 Å². The van der Waals surface area contributed by atoms with Crippen LogP contribution in [0.15, 0.2) is 21.7 Å². The summed E-state index contributed by atoms with van der Waals surface area (Å²) < 4.78 is 30.9. The van der Waals surface area contributed by atoms with Gasteiger partial charge in [-0.25, -0.2) is 13.1 Å². The standard InChI is InChI=1S/C15H21N3O5S2/c1-11(2)15(3,10-16)18-12(19)9-23-13(20)6-7-17-25(21,22)14-5-4-8-24-14/h4-5,8,11,17H,6-7,9H2,1-3H3,(H,18,19)/t15-/m0/s1. The molecule has 0 unspecified atom stereocenters. The summed E-state index contributed by atoms with van der Waals surface area (Å²) in [6, 6.07) is 5.08. The Morgan fingerprint density at radius 3 is 2.64 bits per heavy atom. The van der Waals surface area contributed by atoms with E-state index in [1.807, 2.05) is 6.07 Å². The van der Waals surface area contributed by atoms with E-state index in [2.05, 4.69) is 10.0 Å². The molecule has 25 heavy (non-hydrogen) atoms. The van der Waals surface area contributed by atoms with Crippen LogP contribution in [-0.4, -0.2) is 39.0 Å². The van der Waals surface area contributed by atoms with Gasteiger partial charge in [0.05, 0.1) is 12.5 Å². The summed E-state index contributed by atoms with van der Waals surface area (Å²) in [5, 5.41) is 13.3. The maximum absolute atomic E-state index is 11.8. The molecule has 1 aromatic heterocycles. The molecule has 0 saturated heterocycles. The van der Waals surface area contributed by atoms with Crippen molar-refractivity contribution >= 4 is 33.2 Å². The zero-order valence-corrected chi connectivity index (χ0v) is 15.9. The molecule has 0 saturated carbocycles. The van der Waals surface area contributed by atoms with Gasteiger partial charge in [0.1, 0.15) is 9.75 Å². The molecule has 0 aromatic carbocycles. The molecule has 0 bridgehead atoms. The normalized spacial score (nSPS) is 13.7. The van der Waals surface area contributed by atoms with E-state index in [4.69, 9.17) is 10.00 Å². The van der Waals surface area contributed by atoms with E-state index in [-0.39, 0.29) is 23.1 Å². The van der Waals surface area contributed by atoms with E-state index >= 15 is 0 Å². The van der Waals surface area contributed by atoms with Crippen molar-refractivity contribution in [1.29, 1.82) is 5.26 Å². The molecule has 0 aliphatic carbocycles. The Morgan fingerprint density at radius 1 is 1.44 bits per heavy atom. The van der Waals surface area contributed by atoms with Crippen LogP contribution in [-0.2, 0) is 24.3 Å². The fraction of sp³-hybridized carbons (Fsp3) is 0.533. The first-order valence-corrected chi connectivity index (χ1v) is 9.88. The van der Waals surface area contributed by atoms with Crippen molar-refractivity contribution in [3.05, 3.63) is 17.5 Å². The van der Waals surface area contributed by atoms with Crippen LogP contribution in [0.3, 0.4) is 0 Å². The minimum Gasteiger partial charge on any atom is -0.456 e. The molecule has 0 radical (unpaired) electrons. The van der Waals surface area contributed by atoms with E-state index in [0.29, 0.717) is 0 Å². The molecule has 0 spiro atoms. The van der Waals surface area contributed by atoms with Gasteiger partial charge in [-0.05, 0) is 24.3 Å². The zero-order valence-electron chi connectivity index (χ0n) is 14.2. The quantitative estimate of drug-likeness (QED) is 0.609. The van der Waals surface area contributed by atoms with Gasteiger partial charge in [-0.3, -0.25) is 9.59 Å². The average molecular weight is 387 g/mol.